The zero-order valence-electron chi connectivity index (χ0n) is 22.5. The average Bonchev–Trinajstić information content (AvgIpc) is 3.45. The lowest BCUT2D eigenvalue weighted by Gasteiger charge is -2.64. The molecular weight excluding hydrogens is 492 g/mol. The summed E-state index contributed by atoms with van der Waals surface area (Å²) in [4.78, 5) is 11.8. The van der Waals surface area contributed by atoms with Gasteiger partial charge in [0.1, 0.15) is 24.9 Å². The Morgan fingerprint density at radius 1 is 1.00 bits per heavy atom. The van der Waals surface area contributed by atoms with E-state index < -0.39 is 36.3 Å². The smallest absolute Gasteiger partial charge is 0.331 e. The number of cyclic esters (lactones) is 1. The van der Waals surface area contributed by atoms with Crippen molar-refractivity contribution in [3.8, 4) is 0 Å². The van der Waals surface area contributed by atoms with Crippen molar-refractivity contribution in [2.75, 3.05) is 13.2 Å². The van der Waals surface area contributed by atoms with Crippen LogP contribution in [0.25, 0.3) is 0 Å². The van der Waals surface area contributed by atoms with Gasteiger partial charge in [0.15, 0.2) is 6.29 Å². The van der Waals surface area contributed by atoms with Crippen LogP contribution in [-0.4, -0.2) is 87.1 Å². The second-order valence-electron chi connectivity index (χ2n) is 13.4. The van der Waals surface area contributed by atoms with E-state index in [1.807, 2.05) is 0 Å². The molecule has 6 aliphatic rings. The average molecular weight is 537 g/mol. The summed E-state index contributed by atoms with van der Waals surface area (Å²) in [5, 5.41) is 53.9. The molecule has 0 unspecified atom stereocenters. The minimum atomic E-state index is -1.32. The molecule has 0 bridgehead atoms. The van der Waals surface area contributed by atoms with Gasteiger partial charge in [0.2, 0.25) is 0 Å². The molecule has 2 heterocycles. The molecule has 6 rings (SSSR count). The first-order valence-corrected chi connectivity index (χ1v) is 14.6. The summed E-state index contributed by atoms with van der Waals surface area (Å²) in [6.07, 6.45) is 3.35. The van der Waals surface area contributed by atoms with Crippen molar-refractivity contribution in [3.63, 3.8) is 0 Å². The van der Waals surface area contributed by atoms with E-state index in [9.17, 15) is 30.3 Å². The minimum absolute atomic E-state index is 0.0831. The molecule has 0 spiro atoms. The highest BCUT2D eigenvalue weighted by Gasteiger charge is 2.68. The van der Waals surface area contributed by atoms with Crippen LogP contribution in [0, 0.1) is 34.5 Å². The van der Waals surface area contributed by atoms with Crippen molar-refractivity contribution in [3.05, 3.63) is 11.6 Å². The Morgan fingerprint density at radius 3 is 2.50 bits per heavy atom. The van der Waals surface area contributed by atoms with E-state index in [-0.39, 0.29) is 53.2 Å². The lowest BCUT2D eigenvalue weighted by atomic mass is 9.43. The van der Waals surface area contributed by atoms with Gasteiger partial charge >= 0.3 is 5.97 Å². The van der Waals surface area contributed by atoms with Gasteiger partial charge in [-0.2, -0.15) is 0 Å². The number of fused-ring (bicyclic) bond motifs is 5. The fourth-order valence-corrected chi connectivity index (χ4v) is 9.91. The SMILES string of the molecule is C[C@@H]1O[C@H](O[C@H]2CC[C@@]3(CO)[C@H](CC[C@@H]4[C@@H]3CC[C@]3(C)[C@@H](C5=CC(=O)OC5)CC[C@]43O)C2)[C@H](O)[C@@H](O)[C@@H]1O. The van der Waals surface area contributed by atoms with Gasteiger partial charge in [0.25, 0.3) is 0 Å². The monoisotopic (exact) mass is 536 g/mol. The molecular formula is C29H44O9. The van der Waals surface area contributed by atoms with Gasteiger partial charge in [-0.15, -0.1) is 0 Å². The third kappa shape index (κ3) is 3.80. The third-order valence-corrected chi connectivity index (χ3v) is 12.1. The molecule has 38 heavy (non-hydrogen) atoms. The Hall–Kier alpha value is -1.07. The zero-order chi connectivity index (χ0) is 27.0. The number of ether oxygens (including phenoxy) is 3. The Kier molecular flexibility index (Phi) is 6.78. The van der Waals surface area contributed by atoms with Crippen LogP contribution in [0.1, 0.15) is 71.6 Å². The number of carbonyl (C=O) groups is 1. The lowest BCUT2D eigenvalue weighted by molar-refractivity contribution is -0.311. The minimum Gasteiger partial charge on any atom is -0.458 e. The molecule has 0 aromatic carbocycles. The summed E-state index contributed by atoms with van der Waals surface area (Å²) in [7, 11) is 0. The van der Waals surface area contributed by atoms with Gasteiger partial charge in [-0.05, 0) is 99.4 Å². The number of hydrogen-bond donors (Lipinski definition) is 5. The first-order chi connectivity index (χ1) is 18.0. The maximum atomic E-state index is 12.4. The topological polar surface area (TPSA) is 146 Å². The molecule has 1 saturated heterocycles. The molecule has 0 amide bonds. The summed E-state index contributed by atoms with van der Waals surface area (Å²) in [5.74, 6) is 0.414. The van der Waals surface area contributed by atoms with Crippen molar-refractivity contribution >= 4 is 5.97 Å². The molecule has 4 saturated carbocycles. The van der Waals surface area contributed by atoms with Crippen LogP contribution in [0.2, 0.25) is 0 Å². The molecule has 0 radical (unpaired) electrons. The van der Waals surface area contributed by atoms with Crippen molar-refractivity contribution in [1.29, 1.82) is 0 Å². The maximum Gasteiger partial charge on any atom is 0.331 e. The van der Waals surface area contributed by atoms with Gasteiger partial charge in [-0.3, -0.25) is 0 Å². The second-order valence-corrected chi connectivity index (χ2v) is 13.4. The first kappa shape index (κ1) is 27.1. The van der Waals surface area contributed by atoms with E-state index in [1.165, 1.54) is 0 Å². The zero-order valence-corrected chi connectivity index (χ0v) is 22.5. The van der Waals surface area contributed by atoms with E-state index in [2.05, 4.69) is 6.92 Å². The highest BCUT2D eigenvalue weighted by molar-refractivity contribution is 5.85. The van der Waals surface area contributed by atoms with Crippen LogP contribution < -0.4 is 0 Å². The lowest BCUT2D eigenvalue weighted by Crippen LogP contribution is -2.64. The molecule has 9 nitrogen and oxygen atoms in total. The van der Waals surface area contributed by atoms with Crippen LogP contribution in [-0.2, 0) is 19.0 Å². The predicted molar refractivity (Wildman–Crippen MR) is 134 cm³/mol. The first-order valence-electron chi connectivity index (χ1n) is 14.6. The Bertz CT molecular complexity index is 970. The van der Waals surface area contributed by atoms with Gasteiger partial charge in [0, 0.05) is 18.1 Å². The Morgan fingerprint density at radius 2 is 1.79 bits per heavy atom. The van der Waals surface area contributed by atoms with E-state index in [4.69, 9.17) is 14.2 Å². The summed E-state index contributed by atoms with van der Waals surface area (Å²) >= 11 is 0. The van der Waals surface area contributed by atoms with Crippen molar-refractivity contribution in [1.82, 2.24) is 0 Å². The largest absolute Gasteiger partial charge is 0.458 e. The number of aliphatic hydroxyl groups is 5. The van der Waals surface area contributed by atoms with Crippen LogP contribution >= 0.6 is 0 Å². The second kappa shape index (κ2) is 9.50. The Labute approximate surface area is 224 Å². The van der Waals surface area contributed by atoms with Crippen molar-refractivity contribution in [2.45, 2.75) is 114 Å². The standard InChI is InChI=1S/C29H44O9/c1-15-23(32)24(33)25(34)26(37-15)38-18-5-9-28(14-30)17(12-18)3-4-21-20(28)6-8-27(2)19(7-10-29(21,27)35)16-11-22(31)36-13-16/h11,15,17-21,23-26,30,32-35H,3-10,12-14H2,1-2H3/t15-,17+,18-,19+,20-,21+,23+,24-,25+,26+,27+,28+,29-/m0/s1. The van der Waals surface area contributed by atoms with Crippen LogP contribution in [0.3, 0.4) is 0 Å². The molecule has 5 N–H and O–H groups in total. The quantitative estimate of drug-likeness (QED) is 0.266. The third-order valence-electron chi connectivity index (χ3n) is 12.1. The van der Waals surface area contributed by atoms with Crippen molar-refractivity contribution in [2.24, 2.45) is 34.5 Å². The summed E-state index contributed by atoms with van der Waals surface area (Å²) in [6, 6.07) is 0. The van der Waals surface area contributed by atoms with Crippen LogP contribution in [0.4, 0.5) is 0 Å². The molecule has 5 fully saturated rings. The fourth-order valence-electron chi connectivity index (χ4n) is 9.91. The summed E-state index contributed by atoms with van der Waals surface area (Å²) in [5.41, 5.74) is -0.401. The summed E-state index contributed by atoms with van der Waals surface area (Å²) in [6.45, 7) is 4.27. The van der Waals surface area contributed by atoms with Crippen LogP contribution in [0.5, 0.6) is 0 Å². The van der Waals surface area contributed by atoms with E-state index in [0.29, 0.717) is 19.4 Å². The molecule has 214 valence electrons. The number of aliphatic hydroxyl groups excluding tert-OH is 4. The molecule has 0 aromatic heterocycles. The number of rotatable bonds is 4. The Balaban J connectivity index is 1.19. The van der Waals surface area contributed by atoms with Crippen LogP contribution in [0.15, 0.2) is 11.6 Å². The normalized spacial score (nSPS) is 54.5. The number of hydrogen-bond acceptors (Lipinski definition) is 9. The molecule has 13 atom stereocenters. The van der Waals surface area contributed by atoms with Gasteiger partial charge in [-0.1, -0.05) is 6.92 Å². The maximum absolute atomic E-state index is 12.4. The van der Waals surface area contributed by atoms with Crippen molar-refractivity contribution < 1.29 is 44.5 Å². The summed E-state index contributed by atoms with van der Waals surface area (Å²) < 4.78 is 17.1. The fraction of sp³-hybridized carbons (Fsp3) is 0.897. The van der Waals surface area contributed by atoms with Gasteiger partial charge < -0.3 is 39.7 Å². The highest BCUT2D eigenvalue weighted by atomic mass is 16.7. The van der Waals surface area contributed by atoms with Gasteiger partial charge in [-0.25, -0.2) is 4.79 Å². The highest BCUT2D eigenvalue weighted by Crippen LogP contribution is 2.70. The van der Waals surface area contributed by atoms with E-state index in [0.717, 1.165) is 50.5 Å². The van der Waals surface area contributed by atoms with E-state index >= 15 is 0 Å². The molecule has 2 aliphatic heterocycles. The molecule has 0 aromatic rings. The van der Waals surface area contributed by atoms with E-state index in [1.54, 1.807) is 13.0 Å². The molecule has 9 heteroatoms. The predicted octanol–water partition coefficient (Wildman–Crippen LogP) is 1.43. The molecule has 4 aliphatic carbocycles. The number of esters is 1. The van der Waals surface area contributed by atoms with Gasteiger partial charge in [0.05, 0.1) is 17.8 Å². The number of carbonyl (C=O) groups excluding carboxylic acids is 1.